The molecule has 0 radical (unpaired) electrons. The van der Waals surface area contributed by atoms with Crippen LogP contribution in [0.5, 0.6) is 0 Å². The molecule has 1 aliphatic heterocycles. The Morgan fingerprint density at radius 2 is 1.44 bits per heavy atom. The van der Waals surface area contributed by atoms with Gasteiger partial charge in [-0.25, -0.2) is 19.9 Å². The van der Waals surface area contributed by atoms with Crippen molar-refractivity contribution in [3.05, 3.63) is 89.5 Å². The second-order valence-corrected chi connectivity index (χ2v) is 8.98. The molecule has 182 valence electrons. The van der Waals surface area contributed by atoms with Gasteiger partial charge in [0.05, 0.1) is 5.69 Å². The van der Waals surface area contributed by atoms with Crippen LogP contribution in [0.3, 0.4) is 0 Å². The lowest BCUT2D eigenvalue weighted by molar-refractivity contribution is 0.0746. The lowest BCUT2D eigenvalue weighted by atomic mass is 10.1. The Bertz CT molecular complexity index is 1340. The zero-order valence-electron chi connectivity index (χ0n) is 20.8. The van der Waals surface area contributed by atoms with Gasteiger partial charge in [0, 0.05) is 60.4 Å². The highest BCUT2D eigenvalue weighted by Gasteiger charge is 2.23. The van der Waals surface area contributed by atoms with E-state index in [4.69, 9.17) is 0 Å². The summed E-state index contributed by atoms with van der Waals surface area (Å²) in [7, 11) is 0. The summed E-state index contributed by atoms with van der Waals surface area (Å²) in [6.45, 7) is 8.52. The van der Waals surface area contributed by atoms with E-state index in [0.29, 0.717) is 24.6 Å². The molecular weight excluding hydrogens is 450 g/mol. The van der Waals surface area contributed by atoms with Crippen LogP contribution in [0, 0.1) is 20.8 Å². The van der Waals surface area contributed by atoms with Crippen LogP contribution in [0.2, 0.25) is 0 Å². The number of aryl methyl sites for hydroxylation is 3. The van der Waals surface area contributed by atoms with Gasteiger partial charge >= 0.3 is 0 Å². The maximum absolute atomic E-state index is 13.1. The Hall–Kier alpha value is -4.33. The van der Waals surface area contributed by atoms with E-state index < -0.39 is 0 Å². The Balaban J connectivity index is 1.22. The second kappa shape index (κ2) is 10.1. The number of amides is 1. The summed E-state index contributed by atoms with van der Waals surface area (Å²) >= 11 is 0. The molecule has 2 aromatic carbocycles. The van der Waals surface area contributed by atoms with Gasteiger partial charge in [-0.15, -0.1) is 0 Å². The van der Waals surface area contributed by atoms with Gasteiger partial charge in [0.1, 0.15) is 11.6 Å². The average molecular weight is 480 g/mol. The normalized spacial score (nSPS) is 13.5. The van der Waals surface area contributed by atoms with E-state index in [1.54, 1.807) is 0 Å². The molecule has 0 atom stereocenters. The highest BCUT2D eigenvalue weighted by Crippen LogP contribution is 2.23. The van der Waals surface area contributed by atoms with Gasteiger partial charge in [0.25, 0.3) is 5.91 Å². The van der Waals surface area contributed by atoms with Gasteiger partial charge in [0.2, 0.25) is 5.95 Å². The summed E-state index contributed by atoms with van der Waals surface area (Å²) in [6, 6.07) is 21.6. The highest BCUT2D eigenvalue weighted by atomic mass is 16.2. The van der Waals surface area contributed by atoms with Gasteiger partial charge < -0.3 is 15.1 Å². The molecular formula is C28H29N7O. The van der Waals surface area contributed by atoms with E-state index in [1.165, 1.54) is 0 Å². The molecule has 0 spiro atoms. The summed E-state index contributed by atoms with van der Waals surface area (Å²) in [5.74, 6) is 2.23. The standard InChI is InChI=1S/C28H29N7O/c1-19-17-20(2)30-28(29-19)33-24-11-9-23(10-12-24)27(36)35-15-13-34(14-16-35)26-18-25(31-21(3)32-26)22-7-5-4-6-8-22/h4-12,17-18H,13-16H2,1-3H3,(H,29,30,33). The smallest absolute Gasteiger partial charge is 0.253 e. The van der Waals surface area contributed by atoms with Crippen LogP contribution in [0.25, 0.3) is 11.3 Å². The predicted octanol–water partition coefficient (Wildman–Crippen LogP) is 4.56. The van der Waals surface area contributed by atoms with Crippen LogP contribution < -0.4 is 10.2 Å². The van der Waals surface area contributed by atoms with Crippen molar-refractivity contribution in [2.24, 2.45) is 0 Å². The van der Waals surface area contributed by atoms with E-state index in [-0.39, 0.29) is 5.91 Å². The number of rotatable bonds is 5. The average Bonchev–Trinajstić information content (AvgIpc) is 2.88. The molecule has 0 saturated carbocycles. The first-order chi connectivity index (χ1) is 17.4. The molecule has 4 aromatic rings. The van der Waals surface area contributed by atoms with Crippen LogP contribution in [0.4, 0.5) is 17.5 Å². The van der Waals surface area contributed by atoms with Gasteiger partial charge in [0.15, 0.2) is 0 Å². The van der Waals surface area contributed by atoms with Crippen molar-refractivity contribution in [2.45, 2.75) is 20.8 Å². The molecule has 2 aromatic heterocycles. The van der Waals surface area contributed by atoms with Crippen LogP contribution in [0.1, 0.15) is 27.6 Å². The number of aromatic nitrogens is 4. The van der Waals surface area contributed by atoms with Crippen molar-refractivity contribution in [3.8, 4) is 11.3 Å². The summed E-state index contributed by atoms with van der Waals surface area (Å²) in [6.07, 6.45) is 0. The third kappa shape index (κ3) is 5.33. The van der Waals surface area contributed by atoms with E-state index in [0.717, 1.165) is 53.1 Å². The van der Waals surface area contributed by atoms with Crippen molar-refractivity contribution >= 4 is 23.4 Å². The number of anilines is 3. The largest absolute Gasteiger partial charge is 0.353 e. The van der Waals surface area contributed by atoms with E-state index >= 15 is 0 Å². The molecule has 1 N–H and O–H groups in total. The maximum Gasteiger partial charge on any atom is 0.253 e. The monoisotopic (exact) mass is 479 g/mol. The van der Waals surface area contributed by atoms with E-state index in [9.17, 15) is 4.79 Å². The minimum absolute atomic E-state index is 0.0349. The molecule has 3 heterocycles. The number of benzene rings is 2. The molecule has 1 amide bonds. The first-order valence-corrected chi connectivity index (χ1v) is 12.1. The molecule has 1 fully saturated rings. The van der Waals surface area contributed by atoms with Crippen LogP contribution in [0.15, 0.2) is 66.7 Å². The number of piperazine rings is 1. The first-order valence-electron chi connectivity index (χ1n) is 12.1. The Morgan fingerprint density at radius 1 is 0.778 bits per heavy atom. The summed E-state index contributed by atoms with van der Waals surface area (Å²) in [5, 5.41) is 3.21. The molecule has 8 heteroatoms. The number of carbonyl (C=O) groups is 1. The lowest BCUT2D eigenvalue weighted by Gasteiger charge is -2.35. The third-order valence-corrected chi connectivity index (χ3v) is 6.16. The number of hydrogen-bond donors (Lipinski definition) is 1. The zero-order chi connectivity index (χ0) is 25.1. The second-order valence-electron chi connectivity index (χ2n) is 8.98. The van der Waals surface area contributed by atoms with Crippen LogP contribution in [-0.2, 0) is 0 Å². The van der Waals surface area contributed by atoms with Crippen molar-refractivity contribution in [1.29, 1.82) is 0 Å². The minimum Gasteiger partial charge on any atom is -0.353 e. The summed E-state index contributed by atoms with van der Waals surface area (Å²) < 4.78 is 0. The Kier molecular flexibility index (Phi) is 6.58. The molecule has 0 unspecified atom stereocenters. The fourth-order valence-electron chi connectivity index (χ4n) is 4.40. The number of nitrogens with zero attached hydrogens (tertiary/aromatic N) is 6. The quantitative estimate of drug-likeness (QED) is 0.449. The fraction of sp³-hybridized carbons (Fsp3) is 0.250. The number of hydrogen-bond acceptors (Lipinski definition) is 7. The zero-order valence-corrected chi connectivity index (χ0v) is 20.8. The molecule has 8 nitrogen and oxygen atoms in total. The van der Waals surface area contributed by atoms with Crippen molar-refractivity contribution in [1.82, 2.24) is 24.8 Å². The SMILES string of the molecule is Cc1cc(C)nc(Nc2ccc(C(=O)N3CCN(c4cc(-c5ccccc5)nc(C)n4)CC3)cc2)n1. The van der Waals surface area contributed by atoms with Crippen LogP contribution in [-0.4, -0.2) is 56.9 Å². The molecule has 0 aliphatic carbocycles. The molecule has 0 bridgehead atoms. The number of carbonyl (C=O) groups excluding carboxylic acids is 1. The van der Waals surface area contributed by atoms with Crippen molar-refractivity contribution < 1.29 is 4.79 Å². The Morgan fingerprint density at radius 3 is 2.11 bits per heavy atom. The van der Waals surface area contributed by atoms with Gasteiger partial charge in [-0.2, -0.15) is 0 Å². The summed E-state index contributed by atoms with van der Waals surface area (Å²) in [4.78, 5) is 35.3. The van der Waals surface area contributed by atoms with E-state index in [2.05, 4.69) is 42.3 Å². The van der Waals surface area contributed by atoms with E-state index in [1.807, 2.05) is 80.3 Å². The topological polar surface area (TPSA) is 87.1 Å². The third-order valence-electron chi connectivity index (χ3n) is 6.16. The van der Waals surface area contributed by atoms with Gasteiger partial charge in [-0.3, -0.25) is 4.79 Å². The number of nitrogens with one attached hydrogen (secondary N) is 1. The van der Waals surface area contributed by atoms with Gasteiger partial charge in [-0.05, 0) is 51.1 Å². The minimum atomic E-state index is 0.0349. The molecule has 5 rings (SSSR count). The van der Waals surface area contributed by atoms with Crippen molar-refractivity contribution in [3.63, 3.8) is 0 Å². The molecule has 1 aliphatic rings. The van der Waals surface area contributed by atoms with Crippen LogP contribution >= 0.6 is 0 Å². The summed E-state index contributed by atoms with van der Waals surface area (Å²) in [5.41, 5.74) is 5.31. The maximum atomic E-state index is 13.1. The highest BCUT2D eigenvalue weighted by molar-refractivity contribution is 5.94. The Labute approximate surface area is 211 Å². The fourth-order valence-corrected chi connectivity index (χ4v) is 4.40. The lowest BCUT2D eigenvalue weighted by Crippen LogP contribution is -2.49. The molecule has 1 saturated heterocycles. The van der Waals surface area contributed by atoms with Gasteiger partial charge in [-0.1, -0.05) is 30.3 Å². The van der Waals surface area contributed by atoms with Crippen molar-refractivity contribution in [2.75, 3.05) is 36.4 Å². The predicted molar refractivity (Wildman–Crippen MR) is 142 cm³/mol. The first kappa shape index (κ1) is 23.4. The molecule has 36 heavy (non-hydrogen) atoms.